The zero-order chi connectivity index (χ0) is 23.5. The van der Waals surface area contributed by atoms with Crippen LogP contribution in [0.1, 0.15) is 43.0 Å². The number of aromatic nitrogens is 2. The van der Waals surface area contributed by atoms with Crippen LogP contribution in [0.2, 0.25) is 0 Å². The van der Waals surface area contributed by atoms with Crippen molar-refractivity contribution in [1.29, 1.82) is 0 Å². The Morgan fingerprint density at radius 2 is 2.16 bits per heavy atom. The number of carbonyl (C=O) groups is 1. The van der Waals surface area contributed by atoms with Crippen molar-refractivity contribution in [1.82, 2.24) is 20.6 Å². The molecule has 172 valence electrons. The van der Waals surface area contributed by atoms with E-state index in [2.05, 4.69) is 20.6 Å². The summed E-state index contributed by atoms with van der Waals surface area (Å²) in [5.41, 5.74) is 0.939. The summed E-state index contributed by atoms with van der Waals surface area (Å²) in [4.78, 5) is 31.6. The number of alkyl halides is 2. The summed E-state index contributed by atoms with van der Waals surface area (Å²) in [6.45, 7) is 4.15. The van der Waals surface area contributed by atoms with Crippen LogP contribution in [0.4, 0.5) is 8.78 Å². The number of likely N-dealkylation sites (N-methyl/N-ethyl adjacent to an activating group) is 1. The summed E-state index contributed by atoms with van der Waals surface area (Å²) in [6, 6.07) is 1.40. The first-order chi connectivity index (χ1) is 15.3. The number of allylic oxidation sites excluding steroid dienone is 5. The minimum atomic E-state index is -2.56. The molecule has 1 atom stereocenters. The molecule has 1 aliphatic carbocycles. The van der Waals surface area contributed by atoms with Gasteiger partial charge in [0.15, 0.2) is 5.82 Å². The Balaban J connectivity index is 2.19. The van der Waals surface area contributed by atoms with Crippen molar-refractivity contribution < 1.29 is 18.5 Å². The molecule has 2 rings (SSSR count). The van der Waals surface area contributed by atoms with Crippen LogP contribution in [0.25, 0.3) is 5.57 Å². The molecule has 1 heterocycles. The van der Waals surface area contributed by atoms with Gasteiger partial charge in [0.2, 0.25) is 6.54 Å². The molecule has 0 fully saturated rings. The maximum Gasteiger partial charge on any atom is 0.270 e. The van der Waals surface area contributed by atoms with E-state index in [0.29, 0.717) is 18.7 Å². The van der Waals surface area contributed by atoms with Crippen LogP contribution in [-0.2, 0) is 0 Å². The Kier molecular flexibility index (Phi) is 9.65. The van der Waals surface area contributed by atoms with Crippen LogP contribution in [-0.4, -0.2) is 46.9 Å². The van der Waals surface area contributed by atoms with E-state index in [-0.39, 0.29) is 35.1 Å². The van der Waals surface area contributed by atoms with Gasteiger partial charge in [0.25, 0.3) is 12.3 Å². The largest absolute Gasteiger partial charge is 0.386 e. The molecule has 0 spiro atoms. The summed E-state index contributed by atoms with van der Waals surface area (Å²) in [5.74, 6) is -0.678. The van der Waals surface area contributed by atoms with Crippen LogP contribution >= 0.6 is 0 Å². The quantitative estimate of drug-likeness (QED) is 0.305. The summed E-state index contributed by atoms with van der Waals surface area (Å²) in [5, 5.41) is 17.0. The molecule has 32 heavy (non-hydrogen) atoms. The zero-order valence-electron chi connectivity index (χ0n) is 18.1. The zero-order valence-corrected chi connectivity index (χ0v) is 18.1. The van der Waals surface area contributed by atoms with E-state index in [1.165, 1.54) is 24.4 Å². The topological polar surface area (TPSA) is 110 Å². The molecule has 0 saturated heterocycles. The predicted molar refractivity (Wildman–Crippen MR) is 118 cm³/mol. The first-order valence-electron chi connectivity index (χ1n) is 10.4. The lowest BCUT2D eigenvalue weighted by Crippen LogP contribution is -2.30. The van der Waals surface area contributed by atoms with E-state index in [9.17, 15) is 23.7 Å². The Hall–Kier alpha value is -3.43. The molecular formula is C22H27F2N5O3. The fourth-order valence-corrected chi connectivity index (χ4v) is 3.13. The highest BCUT2D eigenvalue weighted by molar-refractivity contribution is 5.92. The van der Waals surface area contributed by atoms with Crippen molar-refractivity contribution in [3.8, 4) is 0 Å². The lowest BCUT2D eigenvalue weighted by atomic mass is 9.96. The average molecular weight is 447 g/mol. The molecular weight excluding hydrogens is 420 g/mol. The molecule has 1 aromatic rings. The molecule has 2 N–H and O–H groups in total. The fraction of sp³-hybridized carbons (Fsp3) is 0.409. The highest BCUT2D eigenvalue weighted by atomic mass is 19.3. The van der Waals surface area contributed by atoms with Crippen molar-refractivity contribution >= 4 is 11.5 Å². The van der Waals surface area contributed by atoms with E-state index in [1.54, 1.807) is 12.2 Å². The van der Waals surface area contributed by atoms with Crippen LogP contribution in [0.3, 0.4) is 0 Å². The highest BCUT2D eigenvalue weighted by Gasteiger charge is 2.18. The molecule has 1 aromatic heterocycles. The number of nitro groups is 1. The van der Waals surface area contributed by atoms with Gasteiger partial charge >= 0.3 is 0 Å². The number of halogens is 2. The number of amides is 1. The lowest BCUT2D eigenvalue weighted by molar-refractivity contribution is -0.465. The second-order valence-electron chi connectivity index (χ2n) is 7.10. The minimum Gasteiger partial charge on any atom is -0.386 e. The third kappa shape index (κ3) is 7.68. The second kappa shape index (κ2) is 12.4. The van der Waals surface area contributed by atoms with Crippen molar-refractivity contribution in [3.63, 3.8) is 0 Å². The fourth-order valence-electron chi connectivity index (χ4n) is 3.13. The molecule has 10 heteroatoms. The van der Waals surface area contributed by atoms with Gasteiger partial charge in [-0.05, 0) is 37.8 Å². The van der Waals surface area contributed by atoms with Gasteiger partial charge in [0.1, 0.15) is 5.69 Å². The number of nitrogens with zero attached hydrogens (tertiary/aromatic N) is 3. The molecule has 1 amide bonds. The second-order valence-corrected chi connectivity index (χ2v) is 7.10. The maximum atomic E-state index is 12.9. The van der Waals surface area contributed by atoms with Gasteiger partial charge in [-0.1, -0.05) is 31.2 Å². The molecule has 1 aliphatic rings. The summed E-state index contributed by atoms with van der Waals surface area (Å²) in [6.07, 6.45) is 8.06. The van der Waals surface area contributed by atoms with Gasteiger partial charge in [-0.15, -0.1) is 0 Å². The average Bonchev–Trinajstić information content (AvgIpc) is 2.77. The van der Waals surface area contributed by atoms with Gasteiger partial charge in [0, 0.05) is 35.5 Å². The van der Waals surface area contributed by atoms with Crippen molar-refractivity contribution in [2.24, 2.45) is 5.92 Å². The molecule has 0 saturated carbocycles. The summed E-state index contributed by atoms with van der Waals surface area (Å²) < 4.78 is 25.7. The molecule has 0 bridgehead atoms. The van der Waals surface area contributed by atoms with Crippen LogP contribution in [0.5, 0.6) is 0 Å². The van der Waals surface area contributed by atoms with Gasteiger partial charge in [-0.2, -0.15) is 0 Å². The molecule has 0 aromatic carbocycles. The van der Waals surface area contributed by atoms with Crippen molar-refractivity contribution in [2.75, 3.05) is 19.6 Å². The van der Waals surface area contributed by atoms with E-state index in [4.69, 9.17) is 0 Å². The van der Waals surface area contributed by atoms with Crippen LogP contribution < -0.4 is 10.6 Å². The van der Waals surface area contributed by atoms with Crippen LogP contribution in [0.15, 0.2) is 53.9 Å². The number of carbonyl (C=O) groups excluding carboxylic acids is 1. The Labute approximate surface area is 185 Å². The molecule has 0 radical (unpaired) electrons. The SMILES string of the molecule is CC/C=C(\C=C(/C[N+](=O)[O-])c1nccc(C(=O)NCC2C=C(C(F)F)C=CC2)n1)NCC. The Bertz CT molecular complexity index is 941. The van der Waals surface area contributed by atoms with E-state index < -0.39 is 23.8 Å². The van der Waals surface area contributed by atoms with Gasteiger partial charge < -0.3 is 10.6 Å². The molecule has 1 unspecified atom stereocenters. The number of hydrogen-bond donors (Lipinski definition) is 2. The molecule has 8 nitrogen and oxygen atoms in total. The smallest absolute Gasteiger partial charge is 0.270 e. The highest BCUT2D eigenvalue weighted by Crippen LogP contribution is 2.21. The number of nitrogens with one attached hydrogen (secondary N) is 2. The summed E-state index contributed by atoms with van der Waals surface area (Å²) in [7, 11) is 0. The monoisotopic (exact) mass is 447 g/mol. The third-order valence-electron chi connectivity index (χ3n) is 4.56. The van der Waals surface area contributed by atoms with E-state index >= 15 is 0 Å². The van der Waals surface area contributed by atoms with E-state index in [1.807, 2.05) is 19.9 Å². The number of rotatable bonds is 11. The normalized spacial score (nSPS) is 16.7. The number of hydrogen-bond acceptors (Lipinski definition) is 6. The molecule has 0 aliphatic heterocycles. The first kappa shape index (κ1) is 24.8. The third-order valence-corrected chi connectivity index (χ3v) is 4.56. The van der Waals surface area contributed by atoms with Crippen LogP contribution in [0, 0.1) is 16.0 Å². The Morgan fingerprint density at radius 1 is 1.38 bits per heavy atom. The van der Waals surface area contributed by atoms with E-state index in [0.717, 1.165) is 6.42 Å². The van der Waals surface area contributed by atoms with Crippen molar-refractivity contribution in [2.45, 2.75) is 33.1 Å². The summed E-state index contributed by atoms with van der Waals surface area (Å²) >= 11 is 0. The lowest BCUT2D eigenvalue weighted by Gasteiger charge is -2.17. The van der Waals surface area contributed by atoms with Crippen molar-refractivity contribution in [3.05, 3.63) is 75.5 Å². The Morgan fingerprint density at radius 3 is 2.81 bits per heavy atom. The predicted octanol–water partition coefficient (Wildman–Crippen LogP) is 3.54. The first-order valence-corrected chi connectivity index (χ1v) is 10.4. The van der Waals surface area contributed by atoms with Gasteiger partial charge in [-0.3, -0.25) is 14.9 Å². The van der Waals surface area contributed by atoms with Gasteiger partial charge in [-0.25, -0.2) is 18.7 Å². The van der Waals surface area contributed by atoms with Gasteiger partial charge in [0.05, 0.1) is 5.57 Å². The minimum absolute atomic E-state index is 0.0399. The standard InChI is InChI=1S/C22H27F2N5O3/c1-3-6-18(25-4-2)12-17(14-29(31)32)21-26-10-9-19(28-21)22(30)27-13-15-7-5-8-16(11-15)20(23)24/h5-6,8-12,15,20,25H,3-4,7,13-14H2,1-2H3,(H,27,30)/b17-12+,18-6+. The maximum absolute atomic E-state index is 12.9.